The number of rotatable bonds is 3. The minimum Gasteiger partial charge on any atom is -1.00 e. The Kier molecular flexibility index (Phi) is 10.9. The third-order valence-electron chi connectivity index (χ3n) is 3.02. The Balaban J connectivity index is 0. The molecule has 0 aromatic heterocycles. The zero-order valence-electron chi connectivity index (χ0n) is 10.2. The van der Waals surface area contributed by atoms with Crippen molar-refractivity contribution >= 4 is 0 Å². The molecule has 3 heteroatoms. The Morgan fingerprint density at radius 1 is 0.882 bits per heavy atom. The van der Waals surface area contributed by atoms with Crippen molar-refractivity contribution in [3.8, 4) is 0 Å². The van der Waals surface area contributed by atoms with E-state index in [-0.39, 0.29) is 51.0 Å². The van der Waals surface area contributed by atoms with Gasteiger partial charge >= 0.3 is 26.2 Å². The molecule has 0 unspecified atom stereocenters. The number of allylic oxidation sites excluding steroid dienone is 8. The largest absolute Gasteiger partial charge is 4.00 e. The van der Waals surface area contributed by atoms with Gasteiger partial charge in [0.05, 0.1) is 0 Å². The predicted octanol–water partition coefficient (Wildman–Crippen LogP) is -2.07. The van der Waals surface area contributed by atoms with Crippen LogP contribution in [0, 0.1) is 12.2 Å². The van der Waals surface area contributed by atoms with Gasteiger partial charge in [0.15, 0.2) is 0 Å². The molecule has 0 aromatic rings. The van der Waals surface area contributed by atoms with Crippen LogP contribution in [0.2, 0.25) is 0 Å². The maximum absolute atomic E-state index is 3.41. The molecule has 0 saturated carbocycles. The van der Waals surface area contributed by atoms with Gasteiger partial charge in [0, 0.05) is 0 Å². The zero-order chi connectivity index (χ0) is 9.97. The first kappa shape index (κ1) is 19.8. The molecule has 0 aliphatic heterocycles. The van der Waals surface area contributed by atoms with E-state index in [1.807, 2.05) is 0 Å². The topological polar surface area (TPSA) is 0 Å². The average molecular weight is 346 g/mol. The molecule has 17 heavy (non-hydrogen) atoms. The molecule has 0 radical (unpaired) electrons. The van der Waals surface area contributed by atoms with Crippen LogP contribution < -0.4 is 24.8 Å². The second kappa shape index (κ2) is 9.37. The minimum atomic E-state index is 0. The molecule has 0 amide bonds. The van der Waals surface area contributed by atoms with E-state index in [2.05, 4.69) is 38.2 Å². The van der Waals surface area contributed by atoms with E-state index < -0.39 is 0 Å². The maximum Gasteiger partial charge on any atom is 4.00 e. The first-order chi connectivity index (χ1) is 6.77. The van der Waals surface area contributed by atoms with Crippen LogP contribution in [-0.2, 0) is 26.2 Å². The molecule has 2 aliphatic carbocycles. The van der Waals surface area contributed by atoms with Gasteiger partial charge in [-0.2, -0.15) is 12.2 Å². The second-order valence-electron chi connectivity index (χ2n) is 3.99. The van der Waals surface area contributed by atoms with Crippen molar-refractivity contribution in [2.45, 2.75) is 39.5 Å². The van der Waals surface area contributed by atoms with Gasteiger partial charge in [0.2, 0.25) is 0 Å². The Morgan fingerprint density at radius 3 is 1.47 bits per heavy atom. The van der Waals surface area contributed by atoms with Gasteiger partial charge in [-0.15, -0.1) is 26.7 Å². The van der Waals surface area contributed by atoms with E-state index in [0.717, 1.165) is 25.7 Å². The zero-order valence-corrected chi connectivity index (χ0v) is 14.2. The van der Waals surface area contributed by atoms with E-state index in [0.29, 0.717) is 0 Å². The van der Waals surface area contributed by atoms with E-state index >= 15 is 0 Å². The molecule has 0 atom stereocenters. The van der Waals surface area contributed by atoms with Crippen LogP contribution in [0.15, 0.2) is 34.4 Å². The summed E-state index contributed by atoms with van der Waals surface area (Å²) in [5, 5.41) is 0. The summed E-state index contributed by atoms with van der Waals surface area (Å²) in [6, 6.07) is 0. The van der Waals surface area contributed by atoms with E-state index in [9.17, 15) is 0 Å². The van der Waals surface area contributed by atoms with Crippen LogP contribution in [-0.4, -0.2) is 0 Å². The van der Waals surface area contributed by atoms with Crippen molar-refractivity contribution < 1.29 is 51.0 Å². The summed E-state index contributed by atoms with van der Waals surface area (Å²) in [6.07, 6.45) is 15.6. The van der Waals surface area contributed by atoms with Crippen LogP contribution in [0.3, 0.4) is 0 Å². The Morgan fingerprint density at radius 2 is 1.24 bits per heavy atom. The third kappa shape index (κ3) is 5.29. The van der Waals surface area contributed by atoms with Gasteiger partial charge in [-0.3, -0.25) is 12.2 Å². The first-order valence-electron chi connectivity index (χ1n) is 5.31. The van der Waals surface area contributed by atoms with Crippen LogP contribution in [0.4, 0.5) is 0 Å². The van der Waals surface area contributed by atoms with Crippen molar-refractivity contribution in [1.29, 1.82) is 0 Å². The molecular weight excluding hydrogens is 330 g/mol. The Bertz CT molecular complexity index is 326. The van der Waals surface area contributed by atoms with E-state index in [1.165, 1.54) is 22.3 Å². The number of hydrogen-bond donors (Lipinski definition) is 0. The molecule has 2 aliphatic rings. The molecule has 2 rings (SSSR count). The molecule has 0 heterocycles. The molecule has 0 saturated heterocycles. The van der Waals surface area contributed by atoms with Crippen molar-refractivity contribution in [2.75, 3.05) is 0 Å². The fourth-order valence-corrected chi connectivity index (χ4v) is 2.00. The van der Waals surface area contributed by atoms with Crippen LogP contribution in [0.5, 0.6) is 0 Å². The number of hydrogen-bond acceptors (Lipinski definition) is 0. The van der Waals surface area contributed by atoms with Crippen LogP contribution >= 0.6 is 0 Å². The molecule has 0 aromatic carbocycles. The van der Waals surface area contributed by atoms with E-state index in [1.54, 1.807) is 0 Å². The van der Waals surface area contributed by atoms with Crippen molar-refractivity contribution in [3.05, 3.63) is 46.6 Å². The van der Waals surface area contributed by atoms with Crippen molar-refractivity contribution in [2.24, 2.45) is 0 Å². The molecular formula is C14H16Cl2Zr. The average Bonchev–Trinajstić information content (AvgIpc) is 2.72. The fraction of sp³-hybridized carbons (Fsp3) is 0.429. The summed E-state index contributed by atoms with van der Waals surface area (Å²) in [5.74, 6) is 0. The summed E-state index contributed by atoms with van der Waals surface area (Å²) in [5.41, 5.74) is 5.67. The number of halogens is 2. The third-order valence-corrected chi connectivity index (χ3v) is 3.02. The van der Waals surface area contributed by atoms with Crippen molar-refractivity contribution in [3.63, 3.8) is 0 Å². The van der Waals surface area contributed by atoms with Gasteiger partial charge in [-0.25, -0.2) is 22.3 Å². The Hall–Kier alpha value is 0.423. The van der Waals surface area contributed by atoms with Gasteiger partial charge in [0.25, 0.3) is 0 Å². The smallest absolute Gasteiger partial charge is 1.00 e. The fourth-order valence-electron chi connectivity index (χ4n) is 2.00. The second-order valence-corrected chi connectivity index (χ2v) is 3.99. The monoisotopic (exact) mass is 344 g/mol. The van der Waals surface area contributed by atoms with Gasteiger partial charge in [-0.05, 0) is 0 Å². The molecule has 0 nitrogen and oxygen atoms in total. The van der Waals surface area contributed by atoms with Crippen LogP contribution in [0.25, 0.3) is 0 Å². The summed E-state index contributed by atoms with van der Waals surface area (Å²) < 4.78 is 0. The summed E-state index contributed by atoms with van der Waals surface area (Å²) >= 11 is 0. The summed E-state index contributed by atoms with van der Waals surface area (Å²) in [4.78, 5) is 0. The normalized spacial score (nSPS) is 16.8. The standard InChI is InChI=1S/C14H16.2ClH.Zr/c1-11-5-3-7-13(11)9-10-14-8-4-6-12(14)2;;;/h5-6H,3-4,9-10H2,1-2H3;2*1H;/q-2;;;+4/p-2. The van der Waals surface area contributed by atoms with E-state index in [4.69, 9.17) is 0 Å². The van der Waals surface area contributed by atoms with Gasteiger partial charge in [0.1, 0.15) is 0 Å². The molecule has 0 N–H and O–H groups in total. The quantitative estimate of drug-likeness (QED) is 0.515. The van der Waals surface area contributed by atoms with Gasteiger partial charge < -0.3 is 24.8 Å². The maximum atomic E-state index is 3.41. The minimum absolute atomic E-state index is 0. The molecule has 0 bridgehead atoms. The summed E-state index contributed by atoms with van der Waals surface area (Å²) in [6.45, 7) is 4.37. The van der Waals surface area contributed by atoms with Crippen molar-refractivity contribution in [1.82, 2.24) is 0 Å². The summed E-state index contributed by atoms with van der Waals surface area (Å²) in [7, 11) is 0. The van der Waals surface area contributed by atoms with Crippen LogP contribution in [0.1, 0.15) is 39.5 Å². The SMILES string of the molecule is CC1=CC[C-]=C1CCC1=[C-]CC=C1C.[Cl-].[Cl-].[Zr+4]. The predicted molar refractivity (Wildman–Crippen MR) is 59.5 cm³/mol. The Labute approximate surface area is 136 Å². The first-order valence-corrected chi connectivity index (χ1v) is 5.31. The molecule has 0 spiro atoms. The van der Waals surface area contributed by atoms with Gasteiger partial charge in [-0.1, -0.05) is 12.8 Å². The molecule has 90 valence electrons. The molecule has 0 fully saturated rings.